The molecule has 0 saturated heterocycles. The van der Waals surface area contributed by atoms with Gasteiger partial charge in [-0.1, -0.05) is 66.7 Å². The van der Waals surface area contributed by atoms with Crippen molar-refractivity contribution in [3.05, 3.63) is 143 Å². The molecule has 3 aromatic heterocycles. The molecule has 6 aromatic rings. The minimum Gasteiger partial charge on any atom is -0.267 e. The smallest absolute Gasteiger partial charge is 0.267 e. The Kier molecular flexibility index (Phi) is 6.88. The fraction of sp³-hybridized carbons (Fsp3) is 0.0323. The van der Waals surface area contributed by atoms with Crippen LogP contribution in [0.1, 0.15) is 11.3 Å². The van der Waals surface area contributed by atoms with Crippen LogP contribution in [0.5, 0.6) is 0 Å². The Hall–Kier alpha value is -4.61. The highest BCUT2D eigenvalue weighted by Crippen LogP contribution is 2.28. The zero-order valence-corrected chi connectivity index (χ0v) is 20.7. The quantitative estimate of drug-likeness (QED) is 0.269. The Labute approximate surface area is 220 Å². The maximum Gasteiger partial charge on any atom is 0.278 e. The number of benzene rings is 3. The first-order valence-electron chi connectivity index (χ1n) is 11.8. The van der Waals surface area contributed by atoms with Crippen LogP contribution in [0.15, 0.2) is 127 Å². The van der Waals surface area contributed by atoms with Crippen LogP contribution in [-0.4, -0.2) is 19.5 Å². The van der Waals surface area contributed by atoms with Crippen LogP contribution in [0.3, 0.4) is 0 Å². The second-order valence-electron chi connectivity index (χ2n) is 8.58. The standard InChI is InChI=1S/C31H22N4O.ClH/c36-31-29(18-22-8-6-16-32-21-22)34-28-15-7-17-33-30(28)35(31)27-14-5-13-26(20-27)25-12-4-11-24(19-25)23-9-2-1-3-10-23;/h1-17,19-21H,18H2;1H. The number of halogens is 1. The summed E-state index contributed by atoms with van der Waals surface area (Å²) in [5.74, 6) is 0. The number of rotatable bonds is 5. The first kappa shape index (κ1) is 24.1. The van der Waals surface area contributed by atoms with E-state index in [1.54, 1.807) is 23.2 Å². The molecule has 6 heteroatoms. The van der Waals surface area contributed by atoms with E-state index in [-0.39, 0.29) is 18.0 Å². The summed E-state index contributed by atoms with van der Waals surface area (Å²) in [6.45, 7) is 0. The van der Waals surface area contributed by atoms with Gasteiger partial charge in [-0.2, -0.15) is 0 Å². The molecule has 6 rings (SSSR count). The van der Waals surface area contributed by atoms with Gasteiger partial charge in [0, 0.05) is 25.0 Å². The highest BCUT2D eigenvalue weighted by Gasteiger charge is 2.15. The Bertz CT molecular complexity index is 1730. The van der Waals surface area contributed by atoms with E-state index in [2.05, 4.69) is 57.4 Å². The first-order valence-corrected chi connectivity index (χ1v) is 11.8. The lowest BCUT2D eigenvalue weighted by Gasteiger charge is -2.13. The normalized spacial score (nSPS) is 10.7. The lowest BCUT2D eigenvalue weighted by atomic mass is 9.99. The van der Waals surface area contributed by atoms with Gasteiger partial charge in [0.05, 0.1) is 5.69 Å². The van der Waals surface area contributed by atoms with Crippen LogP contribution in [0, 0.1) is 0 Å². The molecule has 0 aliphatic carbocycles. The summed E-state index contributed by atoms with van der Waals surface area (Å²) in [6.07, 6.45) is 5.57. The van der Waals surface area contributed by atoms with Crippen molar-refractivity contribution in [2.45, 2.75) is 6.42 Å². The molecular weight excluding hydrogens is 480 g/mol. The van der Waals surface area contributed by atoms with Gasteiger partial charge in [0.25, 0.3) is 5.56 Å². The topological polar surface area (TPSA) is 60.7 Å². The van der Waals surface area contributed by atoms with E-state index >= 15 is 0 Å². The number of aromatic nitrogens is 4. The number of hydrogen-bond donors (Lipinski definition) is 0. The van der Waals surface area contributed by atoms with Gasteiger partial charge in [-0.15, -0.1) is 12.4 Å². The summed E-state index contributed by atoms with van der Waals surface area (Å²) < 4.78 is 1.67. The third kappa shape index (κ3) is 4.90. The van der Waals surface area contributed by atoms with Gasteiger partial charge in [-0.3, -0.25) is 14.3 Å². The van der Waals surface area contributed by atoms with Crippen LogP contribution in [-0.2, 0) is 6.42 Å². The Morgan fingerprint density at radius 1 is 0.676 bits per heavy atom. The minimum atomic E-state index is -0.180. The highest BCUT2D eigenvalue weighted by atomic mass is 35.5. The number of hydrogen-bond acceptors (Lipinski definition) is 4. The fourth-order valence-corrected chi connectivity index (χ4v) is 4.45. The van der Waals surface area contributed by atoms with E-state index in [4.69, 9.17) is 0 Å². The molecule has 0 spiro atoms. The molecule has 0 bridgehead atoms. The molecule has 0 unspecified atom stereocenters. The molecule has 0 aliphatic heterocycles. The van der Waals surface area contributed by atoms with Crippen molar-refractivity contribution in [2.75, 3.05) is 0 Å². The first-order chi connectivity index (χ1) is 17.8. The van der Waals surface area contributed by atoms with Crippen molar-refractivity contribution in [1.82, 2.24) is 19.5 Å². The van der Waals surface area contributed by atoms with E-state index < -0.39 is 0 Å². The molecule has 0 fully saturated rings. The largest absolute Gasteiger partial charge is 0.278 e. The van der Waals surface area contributed by atoms with Gasteiger partial charge in [0.2, 0.25) is 0 Å². The van der Waals surface area contributed by atoms with Gasteiger partial charge in [0.15, 0.2) is 5.65 Å². The molecule has 37 heavy (non-hydrogen) atoms. The van der Waals surface area contributed by atoms with E-state index in [9.17, 15) is 4.79 Å². The van der Waals surface area contributed by atoms with Crippen molar-refractivity contribution < 1.29 is 0 Å². The summed E-state index contributed by atoms with van der Waals surface area (Å²) in [4.78, 5) is 27.1. The second-order valence-corrected chi connectivity index (χ2v) is 8.58. The number of nitrogens with zero attached hydrogens (tertiary/aromatic N) is 4. The van der Waals surface area contributed by atoms with E-state index in [1.165, 1.54) is 0 Å². The molecule has 0 saturated carbocycles. The minimum absolute atomic E-state index is 0. The Morgan fingerprint density at radius 2 is 1.38 bits per heavy atom. The maximum absolute atomic E-state index is 13.7. The van der Waals surface area contributed by atoms with Crippen molar-refractivity contribution in [3.63, 3.8) is 0 Å². The van der Waals surface area contributed by atoms with Crippen LogP contribution in [0.25, 0.3) is 39.1 Å². The summed E-state index contributed by atoms with van der Waals surface area (Å²) >= 11 is 0. The molecular formula is C31H23ClN4O. The molecule has 0 amide bonds. The van der Waals surface area contributed by atoms with Crippen molar-refractivity contribution >= 4 is 23.6 Å². The third-order valence-corrected chi connectivity index (χ3v) is 6.18. The molecule has 5 nitrogen and oxygen atoms in total. The molecule has 0 N–H and O–H groups in total. The van der Waals surface area contributed by atoms with Crippen LogP contribution in [0.2, 0.25) is 0 Å². The molecule has 0 atom stereocenters. The van der Waals surface area contributed by atoms with Crippen molar-refractivity contribution in [2.24, 2.45) is 0 Å². The van der Waals surface area contributed by atoms with E-state index in [0.29, 0.717) is 23.3 Å². The van der Waals surface area contributed by atoms with Crippen LogP contribution >= 0.6 is 12.4 Å². The third-order valence-electron chi connectivity index (χ3n) is 6.18. The van der Waals surface area contributed by atoms with Crippen LogP contribution < -0.4 is 5.56 Å². The Morgan fingerprint density at radius 3 is 2.16 bits per heavy atom. The predicted molar refractivity (Wildman–Crippen MR) is 150 cm³/mol. The van der Waals surface area contributed by atoms with Crippen LogP contribution in [0.4, 0.5) is 0 Å². The van der Waals surface area contributed by atoms with Crippen molar-refractivity contribution in [3.8, 4) is 27.9 Å². The average molecular weight is 503 g/mol. The number of fused-ring (bicyclic) bond motifs is 1. The van der Waals surface area contributed by atoms with Gasteiger partial charge in [-0.25, -0.2) is 9.97 Å². The second kappa shape index (κ2) is 10.6. The summed E-state index contributed by atoms with van der Waals surface area (Å²) in [5.41, 5.74) is 7.58. The van der Waals surface area contributed by atoms with Gasteiger partial charge >= 0.3 is 0 Å². The van der Waals surface area contributed by atoms with Gasteiger partial charge in [0.1, 0.15) is 11.2 Å². The SMILES string of the molecule is Cl.O=c1c(Cc2cccnc2)nc2cccnc2n1-c1cccc(-c2cccc(-c3ccccc3)c2)c1. The lowest BCUT2D eigenvalue weighted by Crippen LogP contribution is -2.25. The average Bonchev–Trinajstić information content (AvgIpc) is 2.95. The fourth-order valence-electron chi connectivity index (χ4n) is 4.45. The molecule has 3 aromatic carbocycles. The molecule has 0 aliphatic rings. The maximum atomic E-state index is 13.7. The molecule has 0 radical (unpaired) electrons. The zero-order chi connectivity index (χ0) is 24.3. The summed E-state index contributed by atoms with van der Waals surface area (Å²) in [7, 11) is 0. The van der Waals surface area contributed by atoms with E-state index in [1.807, 2.05) is 60.7 Å². The molecule has 3 heterocycles. The summed E-state index contributed by atoms with van der Waals surface area (Å²) in [5, 5.41) is 0. The lowest BCUT2D eigenvalue weighted by molar-refractivity contribution is 0.925. The highest BCUT2D eigenvalue weighted by molar-refractivity contribution is 5.85. The number of pyridine rings is 2. The zero-order valence-electron chi connectivity index (χ0n) is 19.9. The summed E-state index contributed by atoms with van der Waals surface area (Å²) in [6, 6.07) is 34.3. The monoisotopic (exact) mass is 502 g/mol. The van der Waals surface area contributed by atoms with E-state index in [0.717, 1.165) is 33.5 Å². The molecule has 180 valence electrons. The Balaban J connectivity index is 0.00000280. The van der Waals surface area contributed by atoms with Gasteiger partial charge < -0.3 is 0 Å². The van der Waals surface area contributed by atoms with Crippen molar-refractivity contribution in [1.29, 1.82) is 0 Å². The predicted octanol–water partition coefficient (Wildman–Crippen LogP) is 6.52. The van der Waals surface area contributed by atoms with Gasteiger partial charge in [-0.05, 0) is 64.2 Å².